The van der Waals surface area contributed by atoms with Crippen molar-refractivity contribution in [3.8, 4) is 0 Å². The lowest BCUT2D eigenvalue weighted by molar-refractivity contribution is -0.136. The summed E-state index contributed by atoms with van der Waals surface area (Å²) in [6.07, 6.45) is 1.91. The predicted molar refractivity (Wildman–Crippen MR) is 98.1 cm³/mol. The predicted octanol–water partition coefficient (Wildman–Crippen LogP) is -0.626. The molecule has 3 heterocycles. The lowest BCUT2D eigenvalue weighted by atomic mass is 9.96. The molecule has 0 bridgehead atoms. The second-order valence-electron chi connectivity index (χ2n) is 7.34. The summed E-state index contributed by atoms with van der Waals surface area (Å²) in [5.74, 6) is -0.952. The van der Waals surface area contributed by atoms with Gasteiger partial charge >= 0.3 is 0 Å². The highest BCUT2D eigenvalue weighted by Crippen LogP contribution is 2.23. The van der Waals surface area contributed by atoms with Gasteiger partial charge in [0.25, 0.3) is 5.91 Å². The van der Waals surface area contributed by atoms with E-state index in [2.05, 4.69) is 26.3 Å². The van der Waals surface area contributed by atoms with E-state index in [0.717, 1.165) is 0 Å². The average Bonchev–Trinajstić information content (AvgIpc) is 2.63. The summed E-state index contributed by atoms with van der Waals surface area (Å²) in [6.45, 7) is 7.42. The van der Waals surface area contributed by atoms with Crippen LogP contribution in [0.5, 0.6) is 0 Å². The van der Waals surface area contributed by atoms with Crippen molar-refractivity contribution in [3.63, 3.8) is 0 Å². The lowest BCUT2D eigenvalue weighted by Gasteiger charge is -2.51. The quantitative estimate of drug-likeness (QED) is 0.560. The SMILES string of the molecule is CC(C)C(=O)NC1NC(=O)C2C(N1)NC(C)C(C)N2C(=O)c1cccnc1. The molecule has 0 aliphatic carbocycles. The Morgan fingerprint density at radius 3 is 2.63 bits per heavy atom. The molecular weight excluding hydrogens is 348 g/mol. The van der Waals surface area contributed by atoms with Gasteiger partial charge in [0, 0.05) is 30.4 Å². The van der Waals surface area contributed by atoms with Gasteiger partial charge in [0.15, 0.2) is 6.29 Å². The van der Waals surface area contributed by atoms with Crippen LogP contribution < -0.4 is 21.3 Å². The molecule has 0 aromatic carbocycles. The first-order valence-electron chi connectivity index (χ1n) is 9.15. The van der Waals surface area contributed by atoms with Crippen molar-refractivity contribution < 1.29 is 14.4 Å². The number of rotatable bonds is 3. The first-order chi connectivity index (χ1) is 12.8. The maximum Gasteiger partial charge on any atom is 0.256 e. The highest BCUT2D eigenvalue weighted by atomic mass is 16.2. The van der Waals surface area contributed by atoms with Crippen LogP contribution in [0, 0.1) is 5.92 Å². The normalized spacial score (nSPS) is 30.5. The van der Waals surface area contributed by atoms with Gasteiger partial charge in [0.1, 0.15) is 6.04 Å². The Labute approximate surface area is 158 Å². The molecule has 2 aliphatic rings. The molecule has 146 valence electrons. The number of hydrogen-bond donors (Lipinski definition) is 4. The van der Waals surface area contributed by atoms with Crippen LogP contribution in [0.25, 0.3) is 0 Å². The summed E-state index contributed by atoms with van der Waals surface area (Å²) in [6, 6.07) is 2.39. The third-order valence-electron chi connectivity index (χ3n) is 5.08. The molecule has 2 aliphatic heterocycles. The fourth-order valence-corrected chi connectivity index (χ4v) is 3.37. The molecule has 5 atom stereocenters. The minimum atomic E-state index is -0.740. The minimum Gasteiger partial charge on any atom is -0.323 e. The Morgan fingerprint density at radius 1 is 1.26 bits per heavy atom. The average molecular weight is 374 g/mol. The van der Waals surface area contributed by atoms with Crippen LogP contribution in [0.15, 0.2) is 24.5 Å². The maximum atomic E-state index is 13.1. The fraction of sp³-hybridized carbons (Fsp3) is 0.556. The van der Waals surface area contributed by atoms with Crippen molar-refractivity contribution in [2.75, 3.05) is 0 Å². The molecule has 1 aromatic rings. The molecule has 4 N–H and O–H groups in total. The van der Waals surface area contributed by atoms with Gasteiger partial charge in [-0.15, -0.1) is 0 Å². The first-order valence-corrected chi connectivity index (χ1v) is 9.15. The molecule has 0 spiro atoms. The number of piperazine rings is 1. The van der Waals surface area contributed by atoms with Gasteiger partial charge in [0.05, 0.1) is 11.7 Å². The molecule has 2 saturated heterocycles. The van der Waals surface area contributed by atoms with Crippen LogP contribution >= 0.6 is 0 Å². The van der Waals surface area contributed by atoms with Crippen LogP contribution in [0.2, 0.25) is 0 Å². The number of carbonyl (C=O) groups excluding carboxylic acids is 3. The summed E-state index contributed by atoms with van der Waals surface area (Å²) in [5, 5.41) is 12.0. The summed E-state index contributed by atoms with van der Waals surface area (Å²) >= 11 is 0. The van der Waals surface area contributed by atoms with E-state index in [9.17, 15) is 14.4 Å². The van der Waals surface area contributed by atoms with E-state index in [0.29, 0.717) is 5.56 Å². The Morgan fingerprint density at radius 2 is 2.00 bits per heavy atom. The van der Waals surface area contributed by atoms with Crippen molar-refractivity contribution in [2.24, 2.45) is 5.92 Å². The standard InChI is InChI=1S/C18H26N6O3/c1-9(2)15(25)22-18-21-14-13(16(26)23-18)24(11(4)10(3)20-14)17(27)12-6-5-7-19-8-12/h5-11,13-14,18,20-21H,1-4H3,(H,22,25)(H,23,26). The Kier molecular flexibility index (Phi) is 5.43. The highest BCUT2D eigenvalue weighted by molar-refractivity contribution is 5.98. The van der Waals surface area contributed by atoms with E-state index >= 15 is 0 Å². The fourth-order valence-electron chi connectivity index (χ4n) is 3.37. The molecule has 1 aromatic heterocycles. The van der Waals surface area contributed by atoms with Gasteiger partial charge in [-0.2, -0.15) is 0 Å². The van der Waals surface area contributed by atoms with Crippen LogP contribution in [-0.4, -0.2) is 58.2 Å². The minimum absolute atomic E-state index is 0.0493. The molecular formula is C18H26N6O3. The van der Waals surface area contributed by atoms with Crippen LogP contribution in [-0.2, 0) is 9.59 Å². The van der Waals surface area contributed by atoms with Gasteiger partial charge in [-0.3, -0.25) is 30.0 Å². The largest absolute Gasteiger partial charge is 0.323 e. The second-order valence-corrected chi connectivity index (χ2v) is 7.34. The third-order valence-corrected chi connectivity index (χ3v) is 5.08. The van der Waals surface area contributed by atoms with Crippen molar-refractivity contribution in [1.82, 2.24) is 31.2 Å². The number of nitrogens with zero attached hydrogens (tertiary/aromatic N) is 2. The molecule has 2 fully saturated rings. The van der Waals surface area contributed by atoms with E-state index in [1.54, 1.807) is 37.1 Å². The molecule has 9 nitrogen and oxygen atoms in total. The molecule has 5 unspecified atom stereocenters. The Bertz CT molecular complexity index is 725. The summed E-state index contributed by atoms with van der Waals surface area (Å²) < 4.78 is 0. The summed E-state index contributed by atoms with van der Waals surface area (Å²) in [4.78, 5) is 43.5. The van der Waals surface area contributed by atoms with Gasteiger partial charge in [-0.05, 0) is 26.0 Å². The van der Waals surface area contributed by atoms with Crippen molar-refractivity contribution >= 4 is 17.7 Å². The highest BCUT2D eigenvalue weighted by Gasteiger charge is 2.49. The summed E-state index contributed by atoms with van der Waals surface area (Å²) in [7, 11) is 0. The lowest BCUT2D eigenvalue weighted by Crippen LogP contribution is -2.81. The molecule has 3 amide bonds. The monoisotopic (exact) mass is 374 g/mol. The topological polar surface area (TPSA) is 115 Å². The van der Waals surface area contributed by atoms with E-state index < -0.39 is 18.5 Å². The first kappa shape index (κ1) is 19.2. The number of pyridine rings is 1. The van der Waals surface area contributed by atoms with Crippen molar-refractivity contribution in [3.05, 3.63) is 30.1 Å². The van der Waals surface area contributed by atoms with E-state index in [-0.39, 0.29) is 35.7 Å². The maximum absolute atomic E-state index is 13.1. The summed E-state index contributed by atoms with van der Waals surface area (Å²) in [5.41, 5.74) is 0.431. The molecule has 0 saturated carbocycles. The van der Waals surface area contributed by atoms with Crippen LogP contribution in [0.3, 0.4) is 0 Å². The van der Waals surface area contributed by atoms with Gasteiger partial charge in [-0.1, -0.05) is 13.8 Å². The Hall–Kier alpha value is -2.52. The zero-order valence-electron chi connectivity index (χ0n) is 15.9. The Balaban J connectivity index is 1.83. The number of nitrogens with one attached hydrogen (secondary N) is 4. The zero-order chi connectivity index (χ0) is 19.7. The van der Waals surface area contributed by atoms with Crippen molar-refractivity contribution in [2.45, 2.75) is 58.3 Å². The number of amides is 3. The van der Waals surface area contributed by atoms with E-state index in [1.165, 1.54) is 6.20 Å². The second kappa shape index (κ2) is 7.61. The molecule has 9 heteroatoms. The van der Waals surface area contributed by atoms with E-state index in [4.69, 9.17) is 0 Å². The number of carbonyl (C=O) groups is 3. The number of fused-ring (bicyclic) bond motifs is 1. The number of aromatic nitrogens is 1. The smallest absolute Gasteiger partial charge is 0.256 e. The van der Waals surface area contributed by atoms with E-state index in [1.807, 2.05) is 13.8 Å². The van der Waals surface area contributed by atoms with Crippen molar-refractivity contribution in [1.29, 1.82) is 0 Å². The van der Waals surface area contributed by atoms with Gasteiger partial charge < -0.3 is 15.5 Å². The van der Waals surface area contributed by atoms with Crippen LogP contribution in [0.4, 0.5) is 0 Å². The molecule has 3 rings (SSSR count). The van der Waals surface area contributed by atoms with Gasteiger partial charge in [-0.25, -0.2) is 0 Å². The third kappa shape index (κ3) is 3.79. The zero-order valence-corrected chi connectivity index (χ0v) is 15.9. The number of hydrogen-bond acceptors (Lipinski definition) is 6. The van der Waals surface area contributed by atoms with Gasteiger partial charge in [0.2, 0.25) is 11.8 Å². The molecule has 27 heavy (non-hydrogen) atoms. The molecule has 0 radical (unpaired) electrons. The van der Waals surface area contributed by atoms with Crippen LogP contribution in [0.1, 0.15) is 38.1 Å².